The Kier molecular flexibility index (Phi) is 6.61. The van der Waals surface area contributed by atoms with Crippen LogP contribution >= 0.6 is 23.2 Å². The number of phenolic OH excluding ortho intramolecular Hbond substituents is 1. The van der Waals surface area contributed by atoms with E-state index in [1.54, 1.807) is 11.1 Å². The van der Waals surface area contributed by atoms with Gasteiger partial charge in [0.1, 0.15) is 36.3 Å². The first-order valence-corrected chi connectivity index (χ1v) is 13.4. The Hall–Kier alpha value is -3.05. The zero-order chi connectivity index (χ0) is 27.5. The molecule has 1 aromatic heterocycles. The number of aromatic hydroxyl groups is 1. The second-order valence-electron chi connectivity index (χ2n) is 10.6. The van der Waals surface area contributed by atoms with E-state index in [1.165, 1.54) is 29.0 Å². The summed E-state index contributed by atoms with van der Waals surface area (Å²) < 4.78 is 28.7. The van der Waals surface area contributed by atoms with Crippen molar-refractivity contribution in [2.45, 2.75) is 12.6 Å². The molecule has 206 valence electrons. The van der Waals surface area contributed by atoms with Crippen molar-refractivity contribution in [2.24, 2.45) is 5.41 Å². The molecule has 1 atom stereocenters. The molecule has 9 nitrogen and oxygen atoms in total. The summed E-state index contributed by atoms with van der Waals surface area (Å²) in [7, 11) is 3.87. The van der Waals surface area contributed by atoms with E-state index in [-0.39, 0.29) is 44.7 Å². The summed E-state index contributed by atoms with van der Waals surface area (Å²) in [5.41, 5.74) is 0.981. The van der Waals surface area contributed by atoms with Gasteiger partial charge in [0.15, 0.2) is 0 Å². The Morgan fingerprint density at radius 1 is 1.28 bits per heavy atom. The summed E-state index contributed by atoms with van der Waals surface area (Å²) in [6.07, 6.45) is 3.05. The molecule has 3 aromatic rings. The molecule has 1 spiro atoms. The Bertz CT molecular complexity index is 1420. The number of carbonyl (C=O) groups excluding carboxylic acids is 1. The van der Waals surface area contributed by atoms with Gasteiger partial charge >= 0.3 is 6.03 Å². The molecule has 2 aromatic carbocycles. The molecule has 39 heavy (non-hydrogen) atoms. The highest BCUT2D eigenvalue weighted by Gasteiger charge is 2.61. The molecule has 0 aliphatic carbocycles. The molecular weight excluding hydrogens is 548 g/mol. The van der Waals surface area contributed by atoms with Gasteiger partial charge in [0.2, 0.25) is 5.28 Å². The summed E-state index contributed by atoms with van der Waals surface area (Å²) in [4.78, 5) is 22.8. The first kappa shape index (κ1) is 26.2. The van der Waals surface area contributed by atoms with E-state index in [0.717, 1.165) is 12.1 Å². The second kappa shape index (κ2) is 9.85. The fourth-order valence-electron chi connectivity index (χ4n) is 5.84. The summed E-state index contributed by atoms with van der Waals surface area (Å²) in [6.45, 7) is 3.90. The van der Waals surface area contributed by atoms with Crippen molar-refractivity contribution in [1.82, 2.24) is 24.3 Å². The van der Waals surface area contributed by atoms with Crippen molar-refractivity contribution in [1.29, 1.82) is 0 Å². The minimum atomic E-state index is -0.608. The average molecular weight is 576 g/mol. The van der Waals surface area contributed by atoms with Crippen molar-refractivity contribution < 1.29 is 23.8 Å². The Morgan fingerprint density at radius 2 is 2.08 bits per heavy atom. The first-order chi connectivity index (χ1) is 18.7. The number of halogens is 3. The van der Waals surface area contributed by atoms with Crippen LogP contribution in [0.15, 0.2) is 36.7 Å². The van der Waals surface area contributed by atoms with Crippen LogP contribution in [0.4, 0.5) is 9.18 Å². The van der Waals surface area contributed by atoms with Gasteiger partial charge < -0.3 is 24.4 Å². The maximum Gasteiger partial charge on any atom is 0.330 e. The van der Waals surface area contributed by atoms with Crippen molar-refractivity contribution in [2.75, 3.05) is 53.5 Å². The van der Waals surface area contributed by atoms with Crippen molar-refractivity contribution >= 4 is 29.2 Å². The number of nitrogens with zero attached hydrogens (tertiary/aromatic N) is 5. The Morgan fingerprint density at radius 3 is 2.77 bits per heavy atom. The molecule has 0 saturated carbocycles. The minimum Gasteiger partial charge on any atom is -0.507 e. The number of imidazole rings is 1. The van der Waals surface area contributed by atoms with Crippen LogP contribution in [0.5, 0.6) is 17.2 Å². The summed E-state index contributed by atoms with van der Waals surface area (Å²) in [6, 6.07) is 5.84. The van der Waals surface area contributed by atoms with Crippen LogP contribution in [-0.2, 0) is 6.54 Å². The molecule has 6 rings (SSSR count). The molecule has 12 heteroatoms. The van der Waals surface area contributed by atoms with Crippen LogP contribution in [0.2, 0.25) is 10.3 Å². The number of fused-ring (bicyclic) bond motifs is 3. The van der Waals surface area contributed by atoms with Crippen molar-refractivity contribution in [3.05, 3.63) is 58.3 Å². The number of carbonyl (C=O) groups is 1. The molecular formula is C27H28Cl2FN5O4. The molecule has 1 N–H and O–H groups in total. The Balaban J connectivity index is 1.27. The normalized spacial score (nSPS) is 19.5. The van der Waals surface area contributed by atoms with E-state index in [2.05, 4.69) is 9.88 Å². The molecule has 4 heterocycles. The fourth-order valence-corrected chi connectivity index (χ4v) is 6.39. The number of ether oxygens (including phenoxy) is 2. The highest BCUT2D eigenvalue weighted by molar-refractivity contribution is 6.35. The summed E-state index contributed by atoms with van der Waals surface area (Å²) >= 11 is 12.9. The van der Waals surface area contributed by atoms with E-state index in [0.29, 0.717) is 50.9 Å². The minimum absolute atomic E-state index is 0.0240. The molecule has 3 aliphatic rings. The number of benzene rings is 2. The maximum atomic E-state index is 15.0. The summed E-state index contributed by atoms with van der Waals surface area (Å²) in [5.74, 6) is -0.00181. The maximum absolute atomic E-state index is 15.0. The molecule has 3 aliphatic heterocycles. The third-order valence-corrected chi connectivity index (χ3v) is 8.45. The number of hydrogen-bond acceptors (Lipinski definition) is 7. The van der Waals surface area contributed by atoms with Gasteiger partial charge in [-0.05, 0) is 43.9 Å². The van der Waals surface area contributed by atoms with Gasteiger partial charge in [0.05, 0.1) is 22.2 Å². The SMILES string of the molecule is CN(C)CCOc1cc2c(c(Cl)c1-c1c(O)cccc1F)OCC1N(C2)CC12CN(C(=O)n1ccnc1Cl)C2. The van der Waals surface area contributed by atoms with Crippen molar-refractivity contribution in [3.63, 3.8) is 0 Å². The number of rotatable bonds is 5. The number of phenols is 1. The van der Waals surface area contributed by atoms with Crippen LogP contribution in [0, 0.1) is 11.2 Å². The highest BCUT2D eigenvalue weighted by Crippen LogP contribution is 2.53. The average Bonchev–Trinajstić information content (AvgIpc) is 3.21. The van der Waals surface area contributed by atoms with Gasteiger partial charge in [-0.3, -0.25) is 4.90 Å². The lowest BCUT2D eigenvalue weighted by Gasteiger charge is -2.64. The lowest BCUT2D eigenvalue weighted by atomic mass is 9.66. The topological polar surface area (TPSA) is 83.3 Å². The number of likely N-dealkylation sites (N-methyl/N-ethyl adjacent to an activating group) is 1. The van der Waals surface area contributed by atoms with E-state index in [1.807, 2.05) is 25.1 Å². The molecule has 1 amide bonds. The largest absolute Gasteiger partial charge is 0.507 e. The standard InChI is InChI=1S/C27H28Cl2FN5O4/c1-32(2)8-9-38-19-10-16-11-33-13-27(14-34(15-27)26(37)35-7-6-31-25(35)29)20(33)12-39-24(16)23(28)22(19)21-17(30)4-3-5-18(21)36/h3-7,10,20,36H,8-9,11-15H2,1-2H3. The molecule has 0 radical (unpaired) electrons. The van der Waals surface area contributed by atoms with E-state index >= 15 is 0 Å². The van der Waals surface area contributed by atoms with Crippen LogP contribution in [0.3, 0.4) is 0 Å². The zero-order valence-electron chi connectivity index (χ0n) is 21.5. The van der Waals surface area contributed by atoms with Crippen LogP contribution < -0.4 is 9.47 Å². The number of likely N-dealkylation sites (tertiary alicyclic amines) is 1. The van der Waals surface area contributed by atoms with Gasteiger partial charge in [0, 0.05) is 56.1 Å². The van der Waals surface area contributed by atoms with Gasteiger partial charge in [0.25, 0.3) is 0 Å². The number of amides is 1. The third-order valence-electron chi connectivity index (χ3n) is 7.81. The van der Waals surface area contributed by atoms with Crippen molar-refractivity contribution in [3.8, 4) is 28.4 Å². The van der Waals surface area contributed by atoms with Crippen LogP contribution in [0.1, 0.15) is 5.56 Å². The van der Waals surface area contributed by atoms with Crippen LogP contribution in [0.25, 0.3) is 11.1 Å². The highest BCUT2D eigenvalue weighted by atomic mass is 35.5. The number of aromatic nitrogens is 2. The Labute approximate surface area is 235 Å². The van der Waals surface area contributed by atoms with E-state index in [9.17, 15) is 14.3 Å². The molecule has 0 bridgehead atoms. The lowest BCUT2D eigenvalue weighted by Crippen LogP contribution is -2.78. The molecule has 2 fully saturated rings. The van der Waals surface area contributed by atoms with Gasteiger partial charge in [-0.25, -0.2) is 18.7 Å². The monoisotopic (exact) mass is 575 g/mol. The predicted octanol–water partition coefficient (Wildman–Crippen LogP) is 4.19. The van der Waals surface area contributed by atoms with Crippen LogP contribution in [-0.4, -0.2) is 94.9 Å². The number of hydrogen-bond donors (Lipinski definition) is 1. The first-order valence-electron chi connectivity index (χ1n) is 12.6. The molecule has 1 unspecified atom stereocenters. The smallest absolute Gasteiger partial charge is 0.330 e. The predicted molar refractivity (Wildman–Crippen MR) is 144 cm³/mol. The molecule has 2 saturated heterocycles. The van der Waals surface area contributed by atoms with Gasteiger partial charge in [-0.15, -0.1) is 0 Å². The lowest BCUT2D eigenvalue weighted by molar-refractivity contribution is -0.160. The van der Waals surface area contributed by atoms with E-state index in [4.69, 9.17) is 32.7 Å². The van der Waals surface area contributed by atoms with Gasteiger partial charge in [-0.2, -0.15) is 0 Å². The zero-order valence-corrected chi connectivity index (χ0v) is 23.0. The second-order valence-corrected chi connectivity index (χ2v) is 11.4. The third kappa shape index (κ3) is 4.39. The quantitative estimate of drug-likeness (QED) is 0.488. The summed E-state index contributed by atoms with van der Waals surface area (Å²) in [5, 5.41) is 10.9. The fraction of sp³-hybridized carbons (Fsp3) is 0.407. The van der Waals surface area contributed by atoms with E-state index < -0.39 is 5.82 Å². The van der Waals surface area contributed by atoms with Gasteiger partial charge in [-0.1, -0.05) is 17.7 Å².